The highest BCUT2D eigenvalue weighted by molar-refractivity contribution is 6.38. The van der Waals surface area contributed by atoms with E-state index in [9.17, 15) is 14.4 Å². The zero-order valence-electron chi connectivity index (χ0n) is 13.8. The first-order chi connectivity index (χ1) is 10.3. The second-order valence-corrected chi connectivity index (χ2v) is 6.32. The molecule has 6 nitrogen and oxygen atoms in total. The number of ether oxygens (including phenoxy) is 1. The number of rotatable bonds is 7. The maximum Gasteiger partial charge on any atom is 0.328 e. The normalized spacial score (nSPS) is 18.9. The van der Waals surface area contributed by atoms with Crippen LogP contribution in [0.3, 0.4) is 0 Å². The number of nitrogens with zero attached hydrogens (tertiary/aromatic N) is 1. The summed E-state index contributed by atoms with van der Waals surface area (Å²) in [5, 5.41) is 8.72. The lowest BCUT2D eigenvalue weighted by atomic mass is 9.84. The van der Waals surface area contributed by atoms with Gasteiger partial charge in [0.15, 0.2) is 0 Å². The zero-order valence-corrected chi connectivity index (χ0v) is 13.8. The summed E-state index contributed by atoms with van der Waals surface area (Å²) in [6, 6.07) is -0.684. The number of hydrogen-bond acceptors (Lipinski definition) is 5. The number of carbonyl (C=O) groups excluding carboxylic acids is 3. The lowest BCUT2D eigenvalue weighted by molar-refractivity contribution is -0.161. The molecule has 0 aromatic carbocycles. The van der Waals surface area contributed by atoms with Crippen molar-refractivity contribution in [2.75, 3.05) is 19.8 Å². The van der Waals surface area contributed by atoms with Gasteiger partial charge in [-0.2, -0.15) is 0 Å². The van der Waals surface area contributed by atoms with Crippen LogP contribution in [0, 0.1) is 5.41 Å². The van der Waals surface area contributed by atoms with Crippen molar-refractivity contribution in [3.05, 3.63) is 0 Å². The monoisotopic (exact) mass is 313 g/mol. The molecule has 1 atom stereocenters. The third-order valence-corrected chi connectivity index (χ3v) is 4.28. The van der Waals surface area contributed by atoms with Crippen molar-refractivity contribution in [2.24, 2.45) is 5.41 Å². The molecule has 1 saturated heterocycles. The molecule has 0 spiro atoms. The third-order valence-electron chi connectivity index (χ3n) is 4.28. The molecule has 1 fully saturated rings. The highest BCUT2D eigenvalue weighted by atomic mass is 16.5. The molecule has 22 heavy (non-hydrogen) atoms. The van der Waals surface area contributed by atoms with E-state index in [2.05, 4.69) is 0 Å². The van der Waals surface area contributed by atoms with E-state index in [1.54, 1.807) is 13.8 Å². The molecule has 126 valence electrons. The van der Waals surface area contributed by atoms with Gasteiger partial charge in [0.25, 0.3) is 5.91 Å². The van der Waals surface area contributed by atoms with Crippen LogP contribution >= 0.6 is 0 Å². The van der Waals surface area contributed by atoms with Gasteiger partial charge in [-0.05, 0) is 25.7 Å². The Morgan fingerprint density at radius 1 is 1.27 bits per heavy atom. The van der Waals surface area contributed by atoms with Crippen LogP contribution in [0.1, 0.15) is 52.9 Å². The van der Waals surface area contributed by atoms with E-state index in [1.165, 1.54) is 4.90 Å². The van der Waals surface area contributed by atoms with Crippen molar-refractivity contribution in [1.82, 2.24) is 4.90 Å². The zero-order chi connectivity index (χ0) is 16.8. The Morgan fingerprint density at radius 3 is 2.55 bits per heavy atom. The molecule has 0 aromatic heterocycles. The number of likely N-dealkylation sites (tertiary alicyclic amines) is 1. The molecule has 1 aliphatic rings. The van der Waals surface area contributed by atoms with Crippen LogP contribution in [-0.4, -0.2) is 53.5 Å². The Bertz CT molecular complexity index is 419. The number of hydrogen-bond donors (Lipinski definition) is 1. The predicted octanol–water partition coefficient (Wildman–Crippen LogP) is 1.30. The fourth-order valence-corrected chi connectivity index (χ4v) is 2.33. The van der Waals surface area contributed by atoms with Crippen LogP contribution < -0.4 is 0 Å². The minimum absolute atomic E-state index is 0.0518. The van der Waals surface area contributed by atoms with Gasteiger partial charge in [-0.1, -0.05) is 20.8 Å². The first-order valence-corrected chi connectivity index (χ1v) is 7.98. The van der Waals surface area contributed by atoms with Gasteiger partial charge in [0.2, 0.25) is 5.78 Å². The number of aliphatic hydroxyl groups excluding tert-OH is 1. The van der Waals surface area contributed by atoms with Crippen LogP contribution in [-0.2, 0) is 19.1 Å². The molecule has 1 amide bonds. The van der Waals surface area contributed by atoms with Crippen molar-refractivity contribution in [3.8, 4) is 0 Å². The Labute approximate surface area is 131 Å². The maximum absolute atomic E-state index is 12.5. The average molecular weight is 313 g/mol. The summed E-state index contributed by atoms with van der Waals surface area (Å²) in [6.45, 7) is 5.83. The van der Waals surface area contributed by atoms with Gasteiger partial charge in [0, 0.05) is 25.0 Å². The van der Waals surface area contributed by atoms with Gasteiger partial charge < -0.3 is 14.7 Å². The van der Waals surface area contributed by atoms with E-state index >= 15 is 0 Å². The average Bonchev–Trinajstić information content (AvgIpc) is 2.53. The molecule has 0 aliphatic carbocycles. The molecule has 1 rings (SSSR count). The first kappa shape index (κ1) is 18.6. The first-order valence-electron chi connectivity index (χ1n) is 7.98. The van der Waals surface area contributed by atoms with Gasteiger partial charge in [0.05, 0.1) is 6.61 Å². The van der Waals surface area contributed by atoms with Crippen molar-refractivity contribution in [3.63, 3.8) is 0 Å². The van der Waals surface area contributed by atoms with Gasteiger partial charge in [-0.25, -0.2) is 4.79 Å². The van der Waals surface area contributed by atoms with E-state index in [4.69, 9.17) is 9.84 Å². The number of piperidine rings is 1. The predicted molar refractivity (Wildman–Crippen MR) is 81.1 cm³/mol. The molecule has 0 saturated carbocycles. The number of aliphatic hydroxyl groups is 1. The summed E-state index contributed by atoms with van der Waals surface area (Å²) in [5.74, 6) is -1.52. The van der Waals surface area contributed by atoms with Gasteiger partial charge in [0.1, 0.15) is 6.04 Å². The van der Waals surface area contributed by atoms with Crippen molar-refractivity contribution in [1.29, 1.82) is 0 Å². The molecule has 0 unspecified atom stereocenters. The molecule has 0 radical (unpaired) electrons. The van der Waals surface area contributed by atoms with Gasteiger partial charge >= 0.3 is 5.97 Å². The molecule has 6 heteroatoms. The summed E-state index contributed by atoms with van der Waals surface area (Å²) in [4.78, 5) is 38.3. The molecule has 1 N–H and O–H groups in total. The molecular weight excluding hydrogens is 286 g/mol. The quantitative estimate of drug-likeness (QED) is 0.435. The van der Waals surface area contributed by atoms with Crippen molar-refractivity contribution in [2.45, 2.75) is 58.9 Å². The standard InChI is InChI=1S/C16H27NO5/c1-4-16(2,3)13(19)14(20)17-9-6-5-8-12(17)15(21)22-11-7-10-18/h12,18H,4-11H2,1-3H3/t12-/m1/s1. The summed E-state index contributed by atoms with van der Waals surface area (Å²) < 4.78 is 5.09. The molecule has 1 aliphatic heterocycles. The molecular formula is C16H27NO5. The number of carbonyl (C=O) groups is 3. The number of amides is 1. The molecule has 0 aromatic rings. The topological polar surface area (TPSA) is 83.9 Å². The van der Waals surface area contributed by atoms with Crippen LogP contribution in [0.25, 0.3) is 0 Å². The number of ketones is 1. The van der Waals surface area contributed by atoms with Gasteiger partial charge in [-0.3, -0.25) is 9.59 Å². The Morgan fingerprint density at radius 2 is 1.95 bits per heavy atom. The molecule has 1 heterocycles. The SMILES string of the molecule is CCC(C)(C)C(=O)C(=O)N1CCCC[C@@H]1C(=O)OCCCO. The Balaban J connectivity index is 2.78. The van der Waals surface area contributed by atoms with Crippen LogP contribution in [0.5, 0.6) is 0 Å². The summed E-state index contributed by atoms with van der Waals surface area (Å²) in [7, 11) is 0. The minimum atomic E-state index is -0.722. The van der Waals surface area contributed by atoms with E-state index in [-0.39, 0.29) is 13.2 Å². The van der Waals surface area contributed by atoms with Crippen molar-refractivity contribution < 1.29 is 24.2 Å². The lowest BCUT2D eigenvalue weighted by Gasteiger charge is -2.35. The second-order valence-electron chi connectivity index (χ2n) is 6.32. The fourth-order valence-electron chi connectivity index (χ4n) is 2.33. The van der Waals surface area contributed by atoms with Crippen LogP contribution in [0.15, 0.2) is 0 Å². The van der Waals surface area contributed by atoms with Crippen molar-refractivity contribution >= 4 is 17.7 Å². The minimum Gasteiger partial charge on any atom is -0.464 e. The fraction of sp³-hybridized carbons (Fsp3) is 0.812. The summed E-state index contributed by atoms with van der Waals surface area (Å²) >= 11 is 0. The number of Topliss-reactive ketones (excluding diaryl/α,β-unsaturated/α-hetero) is 1. The summed E-state index contributed by atoms with van der Waals surface area (Å²) in [5.41, 5.74) is -0.722. The van der Waals surface area contributed by atoms with E-state index in [0.29, 0.717) is 25.8 Å². The lowest BCUT2D eigenvalue weighted by Crippen LogP contribution is -2.53. The highest BCUT2D eigenvalue weighted by Crippen LogP contribution is 2.25. The van der Waals surface area contributed by atoms with E-state index in [1.807, 2.05) is 6.92 Å². The third kappa shape index (κ3) is 4.53. The van der Waals surface area contributed by atoms with E-state index in [0.717, 1.165) is 12.8 Å². The van der Waals surface area contributed by atoms with Gasteiger partial charge in [-0.15, -0.1) is 0 Å². The Kier molecular flexibility index (Phi) is 7.00. The molecule has 0 bridgehead atoms. The Hall–Kier alpha value is -1.43. The highest BCUT2D eigenvalue weighted by Gasteiger charge is 2.40. The second kappa shape index (κ2) is 8.27. The van der Waals surface area contributed by atoms with Crippen LogP contribution in [0.4, 0.5) is 0 Å². The summed E-state index contributed by atoms with van der Waals surface area (Å²) in [6.07, 6.45) is 3.07. The maximum atomic E-state index is 12.5. The van der Waals surface area contributed by atoms with E-state index < -0.39 is 29.1 Å². The number of esters is 1. The largest absolute Gasteiger partial charge is 0.464 e. The van der Waals surface area contributed by atoms with Crippen LogP contribution in [0.2, 0.25) is 0 Å². The smallest absolute Gasteiger partial charge is 0.328 e.